The van der Waals surface area contributed by atoms with Gasteiger partial charge in [-0.3, -0.25) is 14.4 Å². The van der Waals surface area contributed by atoms with Gasteiger partial charge in [0.15, 0.2) is 11.4 Å². The number of carbonyl (C=O) groups excluding carboxylic acids is 3. The van der Waals surface area contributed by atoms with Crippen LogP contribution in [0, 0.1) is 0 Å². The molecule has 0 saturated heterocycles. The average molecular weight is 294 g/mol. The minimum Gasteiger partial charge on any atom is -0.507 e. The number of carbonyl (C=O) groups is 3. The van der Waals surface area contributed by atoms with E-state index in [1.165, 1.54) is 26.8 Å². The second-order valence-corrected chi connectivity index (χ2v) is 5.44. The zero-order valence-corrected chi connectivity index (χ0v) is 13.0. The Morgan fingerprint density at radius 3 is 2.48 bits per heavy atom. The first-order valence-corrected chi connectivity index (χ1v) is 7.13. The summed E-state index contributed by atoms with van der Waals surface area (Å²) in [5.74, 6) is -1.69. The van der Waals surface area contributed by atoms with Crippen molar-refractivity contribution in [2.24, 2.45) is 0 Å². The largest absolute Gasteiger partial charge is 0.507 e. The summed E-state index contributed by atoms with van der Waals surface area (Å²) in [6, 6.07) is 0. The van der Waals surface area contributed by atoms with Crippen molar-refractivity contribution in [2.45, 2.75) is 59.0 Å². The second-order valence-electron chi connectivity index (χ2n) is 5.44. The molecule has 1 rings (SSSR count). The molecule has 116 valence electrons. The highest BCUT2D eigenvalue weighted by Gasteiger charge is 2.42. The molecule has 0 saturated carbocycles. The number of hydrogen-bond acceptors (Lipinski definition) is 5. The maximum atomic E-state index is 12.2. The zero-order chi connectivity index (χ0) is 16.2. The number of esters is 1. The average Bonchev–Trinajstić information content (AvgIpc) is 2.40. The van der Waals surface area contributed by atoms with Gasteiger partial charge in [0.25, 0.3) is 0 Å². The summed E-state index contributed by atoms with van der Waals surface area (Å²) >= 11 is 0. The van der Waals surface area contributed by atoms with E-state index >= 15 is 0 Å². The molecule has 0 radical (unpaired) electrons. The van der Waals surface area contributed by atoms with E-state index in [-0.39, 0.29) is 22.7 Å². The van der Waals surface area contributed by atoms with Gasteiger partial charge in [-0.05, 0) is 26.3 Å². The van der Waals surface area contributed by atoms with Crippen LogP contribution in [-0.2, 0) is 19.1 Å². The van der Waals surface area contributed by atoms with E-state index in [1.54, 1.807) is 0 Å². The van der Waals surface area contributed by atoms with Crippen molar-refractivity contribution >= 4 is 17.5 Å². The van der Waals surface area contributed by atoms with E-state index in [0.717, 1.165) is 19.3 Å². The van der Waals surface area contributed by atoms with Gasteiger partial charge in [-0.15, -0.1) is 0 Å². The highest BCUT2D eigenvalue weighted by molar-refractivity contribution is 6.11. The van der Waals surface area contributed by atoms with Crippen molar-refractivity contribution in [3.05, 3.63) is 23.0 Å². The summed E-state index contributed by atoms with van der Waals surface area (Å²) in [5.41, 5.74) is -1.43. The minimum absolute atomic E-state index is 0.0418. The van der Waals surface area contributed by atoms with Crippen molar-refractivity contribution in [3.8, 4) is 0 Å². The predicted molar refractivity (Wildman–Crippen MR) is 77.7 cm³/mol. The number of allylic oxidation sites excluding steroid dienone is 1. The van der Waals surface area contributed by atoms with Gasteiger partial charge in [0.2, 0.25) is 5.78 Å². The summed E-state index contributed by atoms with van der Waals surface area (Å²) < 4.78 is 5.05. The van der Waals surface area contributed by atoms with Crippen LogP contribution < -0.4 is 0 Å². The van der Waals surface area contributed by atoms with Crippen molar-refractivity contribution < 1.29 is 24.2 Å². The Bertz CT molecular complexity index is 527. The van der Waals surface area contributed by atoms with Crippen molar-refractivity contribution in [3.63, 3.8) is 0 Å². The summed E-state index contributed by atoms with van der Waals surface area (Å²) in [7, 11) is 0. The lowest BCUT2D eigenvalue weighted by atomic mass is 9.83. The lowest BCUT2D eigenvalue weighted by molar-refractivity contribution is -0.157. The van der Waals surface area contributed by atoms with E-state index < -0.39 is 17.4 Å². The molecule has 21 heavy (non-hydrogen) atoms. The van der Waals surface area contributed by atoms with Gasteiger partial charge in [0.05, 0.1) is 5.57 Å². The molecule has 0 spiro atoms. The number of ether oxygens (including phenoxy) is 1. The fourth-order valence-corrected chi connectivity index (χ4v) is 2.35. The molecule has 1 aliphatic rings. The molecule has 0 bridgehead atoms. The van der Waals surface area contributed by atoms with Crippen LogP contribution in [0.1, 0.15) is 53.4 Å². The quantitative estimate of drug-likeness (QED) is 0.602. The van der Waals surface area contributed by atoms with Gasteiger partial charge in [-0.25, -0.2) is 0 Å². The molecule has 0 amide bonds. The summed E-state index contributed by atoms with van der Waals surface area (Å²) in [6.45, 7) is 6.07. The zero-order valence-electron chi connectivity index (χ0n) is 13.0. The second kappa shape index (κ2) is 6.70. The van der Waals surface area contributed by atoms with E-state index in [1.807, 2.05) is 6.92 Å². The van der Waals surface area contributed by atoms with E-state index in [2.05, 4.69) is 0 Å². The monoisotopic (exact) mass is 294 g/mol. The van der Waals surface area contributed by atoms with Gasteiger partial charge in [0.1, 0.15) is 5.76 Å². The third-order valence-corrected chi connectivity index (χ3v) is 3.49. The Morgan fingerprint density at radius 2 is 1.95 bits per heavy atom. The highest BCUT2D eigenvalue weighted by atomic mass is 16.6. The number of ketones is 2. The smallest absolute Gasteiger partial charge is 0.303 e. The Labute approximate surface area is 124 Å². The Balaban J connectivity index is 3.09. The molecule has 1 N–H and O–H groups in total. The van der Waals surface area contributed by atoms with E-state index in [9.17, 15) is 19.5 Å². The van der Waals surface area contributed by atoms with Crippen molar-refractivity contribution in [1.82, 2.24) is 0 Å². The summed E-state index contributed by atoms with van der Waals surface area (Å²) in [6.07, 6.45) is 4.17. The van der Waals surface area contributed by atoms with Crippen LogP contribution in [0.5, 0.6) is 0 Å². The van der Waals surface area contributed by atoms with Crippen LogP contribution in [0.3, 0.4) is 0 Å². The van der Waals surface area contributed by atoms with Gasteiger partial charge in [-0.1, -0.05) is 19.8 Å². The summed E-state index contributed by atoms with van der Waals surface area (Å²) in [4.78, 5) is 35.5. The van der Waals surface area contributed by atoms with Crippen molar-refractivity contribution in [1.29, 1.82) is 0 Å². The first-order chi connectivity index (χ1) is 9.73. The molecule has 0 aromatic rings. The van der Waals surface area contributed by atoms with Crippen LogP contribution in [0.4, 0.5) is 0 Å². The molecule has 0 aromatic carbocycles. The topological polar surface area (TPSA) is 80.7 Å². The van der Waals surface area contributed by atoms with Crippen LogP contribution in [-0.4, -0.2) is 28.2 Å². The molecular weight excluding hydrogens is 272 g/mol. The van der Waals surface area contributed by atoms with Crippen molar-refractivity contribution in [2.75, 3.05) is 0 Å². The first kappa shape index (κ1) is 17.1. The van der Waals surface area contributed by atoms with Crippen LogP contribution in [0.25, 0.3) is 0 Å². The number of unbranched alkanes of at least 4 members (excludes halogenated alkanes) is 2. The normalized spacial score (nSPS) is 22.1. The van der Waals surface area contributed by atoms with Crippen LogP contribution in [0.15, 0.2) is 23.0 Å². The number of aliphatic hydroxyl groups excluding tert-OH is 1. The Morgan fingerprint density at radius 1 is 1.33 bits per heavy atom. The minimum atomic E-state index is -1.53. The fourth-order valence-electron chi connectivity index (χ4n) is 2.35. The Hall–Kier alpha value is -1.91. The lowest BCUT2D eigenvalue weighted by Gasteiger charge is -2.29. The van der Waals surface area contributed by atoms with E-state index in [0.29, 0.717) is 6.42 Å². The molecular formula is C16H22O5. The molecule has 0 heterocycles. The number of Topliss-reactive ketones (excluding diaryl/α,β-unsaturated/α-hetero) is 2. The maximum absolute atomic E-state index is 12.2. The summed E-state index contributed by atoms with van der Waals surface area (Å²) in [5, 5.41) is 10.0. The molecule has 1 aliphatic carbocycles. The van der Waals surface area contributed by atoms with E-state index in [4.69, 9.17) is 4.74 Å². The maximum Gasteiger partial charge on any atom is 0.303 e. The number of aliphatic hydroxyl groups is 1. The van der Waals surface area contributed by atoms with Crippen LogP contribution in [0.2, 0.25) is 0 Å². The highest BCUT2D eigenvalue weighted by Crippen LogP contribution is 2.31. The van der Waals surface area contributed by atoms with Gasteiger partial charge >= 0.3 is 5.97 Å². The molecule has 0 aliphatic heterocycles. The number of rotatable bonds is 6. The third-order valence-electron chi connectivity index (χ3n) is 3.49. The molecule has 5 nitrogen and oxygen atoms in total. The third kappa shape index (κ3) is 3.80. The Kier molecular flexibility index (Phi) is 5.47. The predicted octanol–water partition coefficient (Wildman–Crippen LogP) is 2.80. The standard InChI is InChI=1S/C16H22O5/c1-5-6-7-8-13(18)12-9-16(4,21-11(3)17)15(20)10(2)14(12)19/h9,19H,5-8H2,1-4H3. The van der Waals surface area contributed by atoms with Crippen LogP contribution >= 0.6 is 0 Å². The fraction of sp³-hybridized carbons (Fsp3) is 0.562. The number of hydrogen-bond donors (Lipinski definition) is 1. The molecule has 5 heteroatoms. The lowest BCUT2D eigenvalue weighted by Crippen LogP contribution is -2.42. The molecule has 1 atom stereocenters. The van der Waals surface area contributed by atoms with Gasteiger partial charge < -0.3 is 9.84 Å². The molecule has 0 fully saturated rings. The van der Waals surface area contributed by atoms with Gasteiger partial charge in [0, 0.05) is 18.9 Å². The first-order valence-electron chi connectivity index (χ1n) is 7.13. The molecule has 0 aromatic heterocycles. The molecule has 1 unspecified atom stereocenters. The SMILES string of the molecule is CCCCCC(=O)C1=CC(C)(OC(C)=O)C(=O)C(C)=C1O. The van der Waals surface area contributed by atoms with Gasteiger partial charge in [-0.2, -0.15) is 0 Å².